The third-order valence-corrected chi connectivity index (χ3v) is 3.64. The molecule has 5 nitrogen and oxygen atoms in total. The molecule has 18 heavy (non-hydrogen) atoms. The maximum Gasteiger partial charge on any atom is 0.268 e. The largest absolute Gasteiger partial charge is 0.435 e. The molecule has 0 fully saturated rings. The molecular formula is C11H9BrIN3O2. The van der Waals surface area contributed by atoms with Crippen molar-refractivity contribution in [1.29, 1.82) is 0 Å². The van der Waals surface area contributed by atoms with E-state index in [9.17, 15) is 4.79 Å². The molecule has 0 aliphatic heterocycles. The SMILES string of the molecule is Cc1cc(Br)cc(N)c1Oc1nc[nH]c(=O)c1I. The number of nitrogen functional groups attached to an aromatic ring is 1. The van der Waals surface area contributed by atoms with Gasteiger partial charge < -0.3 is 15.5 Å². The molecule has 3 N–H and O–H groups in total. The molecule has 0 amide bonds. The van der Waals surface area contributed by atoms with Crippen LogP contribution in [0.15, 0.2) is 27.7 Å². The summed E-state index contributed by atoms with van der Waals surface area (Å²) in [7, 11) is 0. The van der Waals surface area contributed by atoms with Gasteiger partial charge in [0, 0.05) is 4.47 Å². The first-order chi connectivity index (χ1) is 8.49. The van der Waals surface area contributed by atoms with Gasteiger partial charge in [0.1, 0.15) is 3.57 Å². The summed E-state index contributed by atoms with van der Waals surface area (Å²) in [5.74, 6) is 0.755. The predicted molar refractivity (Wildman–Crippen MR) is 80.9 cm³/mol. The molecule has 0 spiro atoms. The Hall–Kier alpha value is -1.09. The Kier molecular flexibility index (Phi) is 3.91. The number of anilines is 1. The Morgan fingerprint density at radius 1 is 1.50 bits per heavy atom. The molecule has 0 aliphatic rings. The fourth-order valence-electron chi connectivity index (χ4n) is 1.43. The number of aryl methyl sites for hydroxylation is 1. The molecule has 0 aliphatic carbocycles. The van der Waals surface area contributed by atoms with Crippen LogP contribution in [0, 0.1) is 10.5 Å². The zero-order valence-electron chi connectivity index (χ0n) is 9.33. The van der Waals surface area contributed by atoms with E-state index in [0.29, 0.717) is 15.0 Å². The summed E-state index contributed by atoms with van der Waals surface area (Å²) in [5.41, 5.74) is 6.99. The van der Waals surface area contributed by atoms with E-state index in [1.807, 2.05) is 35.6 Å². The van der Waals surface area contributed by atoms with Gasteiger partial charge in [-0.3, -0.25) is 4.79 Å². The van der Waals surface area contributed by atoms with Gasteiger partial charge >= 0.3 is 0 Å². The van der Waals surface area contributed by atoms with Gasteiger partial charge in [0.05, 0.1) is 12.0 Å². The Morgan fingerprint density at radius 3 is 2.89 bits per heavy atom. The van der Waals surface area contributed by atoms with Gasteiger partial charge in [0.2, 0.25) is 5.88 Å². The minimum atomic E-state index is -0.242. The van der Waals surface area contributed by atoms with Gasteiger partial charge in [-0.1, -0.05) is 15.9 Å². The third-order valence-electron chi connectivity index (χ3n) is 2.23. The second-order valence-corrected chi connectivity index (χ2v) is 5.59. The standard InChI is InChI=1S/C11H9BrIN3O2/c1-5-2-6(12)3-7(14)9(5)18-11-8(13)10(17)15-4-16-11/h2-4H,14H2,1H3,(H,15,16,17). The maximum absolute atomic E-state index is 11.4. The number of halogens is 2. The fraction of sp³-hybridized carbons (Fsp3) is 0.0909. The van der Waals surface area contributed by atoms with Crippen LogP contribution in [-0.2, 0) is 0 Å². The van der Waals surface area contributed by atoms with E-state index in [-0.39, 0.29) is 11.4 Å². The van der Waals surface area contributed by atoms with E-state index in [0.717, 1.165) is 10.0 Å². The number of nitrogens with zero attached hydrogens (tertiary/aromatic N) is 1. The normalized spacial score (nSPS) is 10.4. The van der Waals surface area contributed by atoms with Gasteiger partial charge in [-0.15, -0.1) is 0 Å². The zero-order valence-corrected chi connectivity index (χ0v) is 13.1. The van der Waals surface area contributed by atoms with Crippen molar-refractivity contribution >= 4 is 44.2 Å². The number of aromatic nitrogens is 2. The van der Waals surface area contributed by atoms with E-state index in [1.165, 1.54) is 6.33 Å². The third kappa shape index (κ3) is 2.66. The molecular weight excluding hydrogens is 413 g/mol. The van der Waals surface area contributed by atoms with Crippen LogP contribution in [0.2, 0.25) is 0 Å². The second-order valence-electron chi connectivity index (χ2n) is 3.59. The summed E-state index contributed by atoms with van der Waals surface area (Å²) in [6, 6.07) is 3.62. The van der Waals surface area contributed by atoms with Gasteiger partial charge in [0.15, 0.2) is 5.75 Å². The lowest BCUT2D eigenvalue weighted by molar-refractivity contribution is 0.455. The summed E-state index contributed by atoms with van der Waals surface area (Å²) >= 11 is 5.23. The molecule has 2 rings (SSSR count). The summed E-state index contributed by atoms with van der Waals surface area (Å²) in [6.07, 6.45) is 1.30. The van der Waals surface area contributed by atoms with Crippen molar-refractivity contribution in [3.63, 3.8) is 0 Å². The molecule has 0 saturated heterocycles. The molecule has 0 radical (unpaired) electrons. The Morgan fingerprint density at radius 2 is 2.22 bits per heavy atom. The summed E-state index contributed by atoms with van der Waals surface area (Å²) in [5, 5.41) is 0. The number of H-pyrrole nitrogens is 1. The average molecular weight is 422 g/mol. The van der Waals surface area contributed by atoms with Gasteiger partial charge in [0.25, 0.3) is 5.56 Å². The summed E-state index contributed by atoms with van der Waals surface area (Å²) in [4.78, 5) is 17.9. The molecule has 0 unspecified atom stereocenters. The molecule has 94 valence electrons. The van der Waals surface area contributed by atoms with Crippen molar-refractivity contribution in [2.24, 2.45) is 0 Å². The van der Waals surface area contributed by atoms with Crippen molar-refractivity contribution < 1.29 is 4.74 Å². The topological polar surface area (TPSA) is 81.0 Å². The predicted octanol–water partition coefficient (Wildman–Crippen LogP) is 2.82. The lowest BCUT2D eigenvalue weighted by Gasteiger charge is -2.11. The molecule has 7 heteroatoms. The highest BCUT2D eigenvalue weighted by Gasteiger charge is 2.12. The highest BCUT2D eigenvalue weighted by molar-refractivity contribution is 14.1. The number of ether oxygens (including phenoxy) is 1. The average Bonchev–Trinajstić information content (AvgIpc) is 2.28. The number of hydrogen-bond acceptors (Lipinski definition) is 4. The number of rotatable bonds is 2. The quantitative estimate of drug-likeness (QED) is 0.577. The van der Waals surface area contributed by atoms with Crippen LogP contribution in [0.5, 0.6) is 11.6 Å². The Labute approximate surface area is 125 Å². The Bertz CT molecular complexity index is 634. The smallest absolute Gasteiger partial charge is 0.268 e. The van der Waals surface area contributed by atoms with Crippen molar-refractivity contribution in [1.82, 2.24) is 9.97 Å². The van der Waals surface area contributed by atoms with E-state index in [4.69, 9.17) is 10.5 Å². The van der Waals surface area contributed by atoms with Crippen LogP contribution in [0.4, 0.5) is 5.69 Å². The van der Waals surface area contributed by atoms with Crippen LogP contribution in [0.1, 0.15) is 5.56 Å². The van der Waals surface area contributed by atoms with Crippen molar-refractivity contribution in [2.45, 2.75) is 6.92 Å². The fourth-order valence-corrected chi connectivity index (χ4v) is 2.42. The maximum atomic E-state index is 11.4. The number of aromatic amines is 1. The van der Waals surface area contributed by atoms with E-state index in [2.05, 4.69) is 25.9 Å². The van der Waals surface area contributed by atoms with Crippen LogP contribution in [-0.4, -0.2) is 9.97 Å². The first-order valence-electron chi connectivity index (χ1n) is 4.95. The summed E-state index contributed by atoms with van der Waals surface area (Å²) in [6.45, 7) is 1.87. The van der Waals surface area contributed by atoms with Crippen molar-refractivity contribution in [3.8, 4) is 11.6 Å². The number of nitrogens with two attached hydrogens (primary N) is 1. The molecule has 0 atom stereocenters. The molecule has 1 heterocycles. The number of hydrogen-bond donors (Lipinski definition) is 2. The van der Waals surface area contributed by atoms with Crippen LogP contribution in [0.25, 0.3) is 0 Å². The highest BCUT2D eigenvalue weighted by atomic mass is 127. The van der Waals surface area contributed by atoms with E-state index >= 15 is 0 Å². The van der Waals surface area contributed by atoms with Crippen LogP contribution >= 0.6 is 38.5 Å². The van der Waals surface area contributed by atoms with Crippen LogP contribution in [0.3, 0.4) is 0 Å². The summed E-state index contributed by atoms with van der Waals surface area (Å²) < 4.78 is 6.88. The lowest BCUT2D eigenvalue weighted by Crippen LogP contribution is -2.11. The minimum absolute atomic E-state index is 0.242. The minimum Gasteiger partial charge on any atom is -0.435 e. The monoisotopic (exact) mass is 421 g/mol. The first-order valence-corrected chi connectivity index (χ1v) is 6.83. The number of benzene rings is 1. The molecule has 0 saturated carbocycles. The lowest BCUT2D eigenvalue weighted by atomic mass is 10.2. The van der Waals surface area contributed by atoms with E-state index < -0.39 is 0 Å². The van der Waals surface area contributed by atoms with Gasteiger partial charge in [-0.25, -0.2) is 4.98 Å². The number of nitrogens with one attached hydrogen (secondary N) is 1. The van der Waals surface area contributed by atoms with E-state index in [1.54, 1.807) is 6.07 Å². The molecule has 1 aromatic heterocycles. The molecule has 1 aromatic carbocycles. The van der Waals surface area contributed by atoms with Gasteiger partial charge in [-0.2, -0.15) is 0 Å². The second kappa shape index (κ2) is 5.27. The Balaban J connectivity index is 2.47. The van der Waals surface area contributed by atoms with Gasteiger partial charge in [-0.05, 0) is 47.2 Å². The van der Waals surface area contributed by atoms with Crippen molar-refractivity contribution in [3.05, 3.63) is 42.4 Å². The van der Waals surface area contributed by atoms with Crippen LogP contribution < -0.4 is 16.0 Å². The molecule has 2 aromatic rings. The zero-order chi connectivity index (χ0) is 13.3. The molecule has 0 bridgehead atoms. The van der Waals surface area contributed by atoms with Crippen molar-refractivity contribution in [2.75, 3.05) is 5.73 Å². The first kappa shape index (κ1) is 13.3. The highest BCUT2D eigenvalue weighted by Crippen LogP contribution is 2.33.